The summed E-state index contributed by atoms with van der Waals surface area (Å²) in [6.07, 6.45) is 0. The highest BCUT2D eigenvalue weighted by molar-refractivity contribution is 5.90. The first-order valence-electron chi connectivity index (χ1n) is 10.6. The Bertz CT molecular complexity index is 1280. The van der Waals surface area contributed by atoms with Crippen LogP contribution in [0.3, 0.4) is 0 Å². The number of hydrogen-bond donors (Lipinski definition) is 1. The van der Waals surface area contributed by atoms with Crippen LogP contribution in [0, 0.1) is 17.6 Å². The Balaban J connectivity index is 1.36. The van der Waals surface area contributed by atoms with Gasteiger partial charge in [-0.2, -0.15) is 14.4 Å². The molecule has 0 atom stereocenters. The van der Waals surface area contributed by atoms with Crippen molar-refractivity contribution in [2.75, 3.05) is 41.3 Å². The van der Waals surface area contributed by atoms with E-state index in [1.165, 1.54) is 0 Å². The van der Waals surface area contributed by atoms with Crippen LogP contribution in [0.5, 0.6) is 0 Å². The Morgan fingerprint density at radius 2 is 1.45 bits per heavy atom. The lowest BCUT2D eigenvalue weighted by Crippen LogP contribution is -2.47. The summed E-state index contributed by atoms with van der Waals surface area (Å²) in [6, 6.07) is 18.4. The van der Waals surface area contributed by atoms with E-state index in [4.69, 9.17) is 9.97 Å². The van der Waals surface area contributed by atoms with Gasteiger partial charge in [-0.3, -0.25) is 0 Å². The van der Waals surface area contributed by atoms with Crippen LogP contribution in [0.25, 0.3) is 10.9 Å². The Labute approximate surface area is 188 Å². The second kappa shape index (κ2) is 8.93. The van der Waals surface area contributed by atoms with Gasteiger partial charge < -0.3 is 15.1 Å². The summed E-state index contributed by atoms with van der Waals surface area (Å²) >= 11 is 0. The molecule has 33 heavy (non-hydrogen) atoms. The third-order valence-electron chi connectivity index (χ3n) is 5.62. The van der Waals surface area contributed by atoms with Crippen LogP contribution in [-0.2, 0) is 6.54 Å². The molecule has 4 aromatic rings. The van der Waals surface area contributed by atoms with Crippen LogP contribution < -0.4 is 15.1 Å². The standard InChI is InChI=1S/C24H21F3N6/c25-18-14-19(26)23(30-21(18)27)32-10-12-33(13-11-32)24-29-20-9-5-4-8-17(20)22(31-24)28-15-16-6-2-1-3-7-16/h1-9,14H,10-13,15H2,(H,28,29,31). The topological polar surface area (TPSA) is 57.2 Å². The minimum absolute atomic E-state index is 0.182. The van der Waals surface area contributed by atoms with Crippen LogP contribution in [0.4, 0.5) is 30.8 Å². The van der Waals surface area contributed by atoms with Gasteiger partial charge in [-0.1, -0.05) is 42.5 Å². The molecule has 1 aliphatic heterocycles. The van der Waals surface area contributed by atoms with E-state index in [0.29, 0.717) is 44.7 Å². The number of benzene rings is 2. The molecule has 1 N–H and O–H groups in total. The van der Waals surface area contributed by atoms with Gasteiger partial charge in [0.1, 0.15) is 5.82 Å². The minimum atomic E-state index is -1.30. The SMILES string of the molecule is Fc1cc(F)c(N2CCN(c3nc(NCc4ccccc4)c4ccccc4n3)CC2)nc1F. The molecule has 0 spiro atoms. The zero-order valence-electron chi connectivity index (χ0n) is 17.7. The molecule has 2 aromatic heterocycles. The lowest BCUT2D eigenvalue weighted by Gasteiger charge is -2.35. The highest BCUT2D eigenvalue weighted by atomic mass is 19.2. The normalized spacial score (nSPS) is 14.0. The summed E-state index contributed by atoms with van der Waals surface area (Å²) in [5.41, 5.74) is 1.95. The summed E-state index contributed by atoms with van der Waals surface area (Å²) < 4.78 is 40.9. The largest absolute Gasteiger partial charge is 0.365 e. The van der Waals surface area contributed by atoms with Gasteiger partial charge in [-0.05, 0) is 17.7 Å². The monoisotopic (exact) mass is 450 g/mol. The highest BCUT2D eigenvalue weighted by Crippen LogP contribution is 2.26. The van der Waals surface area contributed by atoms with E-state index in [9.17, 15) is 13.2 Å². The molecule has 1 aliphatic rings. The first kappa shape index (κ1) is 21.0. The minimum Gasteiger partial charge on any atom is -0.365 e. The zero-order chi connectivity index (χ0) is 22.8. The van der Waals surface area contributed by atoms with Gasteiger partial charge >= 0.3 is 0 Å². The molecule has 0 radical (unpaired) electrons. The maximum Gasteiger partial charge on any atom is 0.251 e. The fourth-order valence-corrected chi connectivity index (χ4v) is 3.90. The first-order valence-corrected chi connectivity index (χ1v) is 10.6. The van der Waals surface area contributed by atoms with Crippen LogP contribution in [0.15, 0.2) is 60.7 Å². The van der Waals surface area contributed by atoms with Crippen molar-refractivity contribution in [3.05, 3.63) is 83.8 Å². The summed E-state index contributed by atoms with van der Waals surface area (Å²) in [4.78, 5) is 16.5. The van der Waals surface area contributed by atoms with Gasteiger partial charge in [0.25, 0.3) is 5.95 Å². The lowest BCUT2D eigenvalue weighted by atomic mass is 10.2. The van der Waals surface area contributed by atoms with Gasteiger partial charge in [0.2, 0.25) is 5.95 Å². The van der Waals surface area contributed by atoms with Gasteiger partial charge in [-0.15, -0.1) is 0 Å². The zero-order valence-corrected chi connectivity index (χ0v) is 17.7. The predicted octanol–water partition coefficient (Wildman–Crippen LogP) is 4.38. The maximum absolute atomic E-state index is 14.1. The maximum atomic E-state index is 14.1. The second-order valence-electron chi connectivity index (χ2n) is 7.77. The molecule has 6 nitrogen and oxygen atoms in total. The third-order valence-corrected chi connectivity index (χ3v) is 5.62. The molecule has 5 rings (SSSR count). The first-order chi connectivity index (χ1) is 16.1. The van der Waals surface area contributed by atoms with Crippen molar-refractivity contribution >= 4 is 28.5 Å². The van der Waals surface area contributed by atoms with Crippen molar-refractivity contribution < 1.29 is 13.2 Å². The fraction of sp³-hybridized carbons (Fsp3) is 0.208. The van der Waals surface area contributed by atoms with Crippen LogP contribution in [0.2, 0.25) is 0 Å². The molecule has 1 saturated heterocycles. The van der Waals surface area contributed by atoms with E-state index >= 15 is 0 Å². The molecule has 0 saturated carbocycles. The number of aromatic nitrogens is 3. The highest BCUT2D eigenvalue weighted by Gasteiger charge is 2.24. The fourth-order valence-electron chi connectivity index (χ4n) is 3.90. The number of pyridine rings is 1. The molecule has 0 bridgehead atoms. The van der Waals surface area contributed by atoms with Crippen molar-refractivity contribution in [1.82, 2.24) is 15.0 Å². The average Bonchev–Trinajstić information content (AvgIpc) is 2.85. The van der Waals surface area contributed by atoms with E-state index in [-0.39, 0.29) is 5.82 Å². The predicted molar refractivity (Wildman–Crippen MR) is 122 cm³/mol. The van der Waals surface area contributed by atoms with Crippen molar-refractivity contribution in [3.8, 4) is 0 Å². The van der Waals surface area contributed by atoms with E-state index < -0.39 is 17.6 Å². The molecule has 0 aliphatic carbocycles. The van der Waals surface area contributed by atoms with E-state index in [2.05, 4.69) is 10.3 Å². The number of piperazine rings is 1. The van der Waals surface area contributed by atoms with Crippen molar-refractivity contribution in [1.29, 1.82) is 0 Å². The van der Waals surface area contributed by atoms with Crippen LogP contribution in [-0.4, -0.2) is 41.1 Å². The molecule has 168 valence electrons. The third kappa shape index (κ3) is 4.39. The van der Waals surface area contributed by atoms with Crippen LogP contribution in [0.1, 0.15) is 5.56 Å². The molecular weight excluding hydrogens is 429 g/mol. The van der Waals surface area contributed by atoms with E-state index in [1.54, 1.807) is 4.90 Å². The number of anilines is 3. The Hall–Kier alpha value is -3.88. The van der Waals surface area contributed by atoms with Gasteiger partial charge in [0.05, 0.1) is 5.52 Å². The molecule has 3 heterocycles. The Morgan fingerprint density at radius 3 is 2.24 bits per heavy atom. The number of halogens is 3. The van der Waals surface area contributed by atoms with E-state index in [1.807, 2.05) is 59.5 Å². The average molecular weight is 450 g/mol. The van der Waals surface area contributed by atoms with Crippen molar-refractivity contribution in [3.63, 3.8) is 0 Å². The molecule has 0 amide bonds. The Morgan fingerprint density at radius 1 is 0.758 bits per heavy atom. The number of nitrogens with one attached hydrogen (secondary N) is 1. The molecule has 9 heteroatoms. The lowest BCUT2D eigenvalue weighted by molar-refractivity contribution is 0.461. The molecular formula is C24H21F3N6. The summed E-state index contributed by atoms with van der Waals surface area (Å²) in [5.74, 6) is -2.37. The Kier molecular flexibility index (Phi) is 5.68. The van der Waals surface area contributed by atoms with Crippen molar-refractivity contribution in [2.24, 2.45) is 0 Å². The number of para-hydroxylation sites is 1. The smallest absolute Gasteiger partial charge is 0.251 e. The van der Waals surface area contributed by atoms with Gasteiger partial charge in [0, 0.05) is 44.2 Å². The van der Waals surface area contributed by atoms with Crippen molar-refractivity contribution in [2.45, 2.75) is 6.54 Å². The number of hydrogen-bond acceptors (Lipinski definition) is 6. The summed E-state index contributed by atoms with van der Waals surface area (Å²) in [5, 5.41) is 4.33. The van der Waals surface area contributed by atoms with E-state index in [0.717, 1.165) is 22.3 Å². The molecule has 2 aromatic carbocycles. The van der Waals surface area contributed by atoms with Gasteiger partial charge in [0.15, 0.2) is 17.5 Å². The number of nitrogens with zero attached hydrogens (tertiary/aromatic N) is 5. The van der Waals surface area contributed by atoms with Gasteiger partial charge in [-0.25, -0.2) is 13.8 Å². The number of fused-ring (bicyclic) bond motifs is 1. The number of rotatable bonds is 5. The molecule has 1 fully saturated rings. The summed E-state index contributed by atoms with van der Waals surface area (Å²) in [6.45, 7) is 2.33. The second-order valence-corrected chi connectivity index (χ2v) is 7.77. The summed E-state index contributed by atoms with van der Waals surface area (Å²) in [7, 11) is 0. The molecule has 0 unspecified atom stereocenters. The quantitative estimate of drug-likeness (QED) is 0.456. The van der Waals surface area contributed by atoms with Crippen LogP contribution >= 0.6 is 0 Å².